The zero-order valence-electron chi connectivity index (χ0n) is 9.69. The van der Waals surface area contributed by atoms with Crippen LogP contribution in [0.2, 0.25) is 0 Å². The first kappa shape index (κ1) is 12.4. The van der Waals surface area contributed by atoms with Crippen molar-refractivity contribution < 1.29 is 4.79 Å². The molecule has 0 bridgehead atoms. The summed E-state index contributed by atoms with van der Waals surface area (Å²) < 4.78 is 1.32. The highest BCUT2D eigenvalue weighted by molar-refractivity contribution is 5.91. The zero-order valence-corrected chi connectivity index (χ0v) is 9.69. The quantitative estimate of drug-likeness (QED) is 0.802. The first-order valence-corrected chi connectivity index (χ1v) is 5.55. The maximum atomic E-state index is 11.6. The van der Waals surface area contributed by atoms with Gasteiger partial charge in [0.25, 0.3) is 11.5 Å². The van der Waals surface area contributed by atoms with E-state index >= 15 is 0 Å². The molecular formula is C11H17N3O2. The SMILES string of the molecule is CCCNC(=O)c1ccc(=O)n(CCC)n1. The molecule has 0 saturated heterocycles. The van der Waals surface area contributed by atoms with Crippen LogP contribution in [0.25, 0.3) is 0 Å². The highest BCUT2D eigenvalue weighted by Gasteiger charge is 2.07. The predicted molar refractivity (Wildman–Crippen MR) is 61.4 cm³/mol. The minimum Gasteiger partial charge on any atom is -0.351 e. The third kappa shape index (κ3) is 3.18. The lowest BCUT2D eigenvalue weighted by Crippen LogP contribution is -2.29. The third-order valence-corrected chi connectivity index (χ3v) is 2.07. The van der Waals surface area contributed by atoms with Gasteiger partial charge < -0.3 is 5.32 Å². The van der Waals surface area contributed by atoms with Gasteiger partial charge in [0, 0.05) is 19.2 Å². The van der Waals surface area contributed by atoms with E-state index in [1.54, 1.807) is 0 Å². The van der Waals surface area contributed by atoms with Crippen molar-refractivity contribution in [1.82, 2.24) is 15.1 Å². The highest BCUT2D eigenvalue weighted by atomic mass is 16.2. The van der Waals surface area contributed by atoms with Crippen LogP contribution in [0.15, 0.2) is 16.9 Å². The second-order valence-electron chi connectivity index (χ2n) is 3.54. The molecule has 0 aliphatic carbocycles. The summed E-state index contributed by atoms with van der Waals surface area (Å²) in [7, 11) is 0. The molecule has 1 aromatic rings. The Morgan fingerprint density at radius 1 is 1.38 bits per heavy atom. The van der Waals surface area contributed by atoms with Crippen LogP contribution in [0, 0.1) is 0 Å². The molecule has 1 aromatic heterocycles. The Labute approximate surface area is 94.5 Å². The van der Waals surface area contributed by atoms with Crippen LogP contribution in [0.5, 0.6) is 0 Å². The summed E-state index contributed by atoms with van der Waals surface area (Å²) in [6.45, 7) is 5.09. The maximum Gasteiger partial charge on any atom is 0.271 e. The Hall–Kier alpha value is -1.65. The van der Waals surface area contributed by atoms with Crippen LogP contribution >= 0.6 is 0 Å². The first-order chi connectivity index (χ1) is 7.69. The van der Waals surface area contributed by atoms with Gasteiger partial charge in [-0.3, -0.25) is 9.59 Å². The number of hydrogen-bond donors (Lipinski definition) is 1. The standard InChI is InChI=1S/C11H17N3O2/c1-3-7-12-11(16)9-5-6-10(15)14(13-9)8-4-2/h5-6H,3-4,7-8H2,1-2H3,(H,12,16). The summed E-state index contributed by atoms with van der Waals surface area (Å²) in [6.07, 6.45) is 1.69. The molecule has 16 heavy (non-hydrogen) atoms. The van der Waals surface area contributed by atoms with E-state index in [4.69, 9.17) is 0 Å². The molecule has 0 unspecified atom stereocenters. The number of aromatic nitrogens is 2. The largest absolute Gasteiger partial charge is 0.351 e. The van der Waals surface area contributed by atoms with Crippen LogP contribution in [0.3, 0.4) is 0 Å². The Bertz CT molecular complexity index is 412. The normalized spacial score (nSPS) is 10.1. The van der Waals surface area contributed by atoms with Crippen LogP contribution < -0.4 is 10.9 Å². The molecular weight excluding hydrogens is 206 g/mol. The Morgan fingerprint density at radius 2 is 2.12 bits per heavy atom. The maximum absolute atomic E-state index is 11.6. The molecule has 0 aliphatic rings. The Morgan fingerprint density at radius 3 is 2.75 bits per heavy atom. The average Bonchev–Trinajstić information content (AvgIpc) is 2.29. The lowest BCUT2D eigenvalue weighted by Gasteiger charge is -2.05. The molecule has 1 heterocycles. The van der Waals surface area contributed by atoms with Crippen molar-refractivity contribution >= 4 is 5.91 Å². The number of carbonyl (C=O) groups excluding carboxylic acids is 1. The number of nitrogens with one attached hydrogen (secondary N) is 1. The van der Waals surface area contributed by atoms with Crippen molar-refractivity contribution in [3.05, 3.63) is 28.2 Å². The summed E-state index contributed by atoms with van der Waals surface area (Å²) in [5.41, 5.74) is 0.121. The highest BCUT2D eigenvalue weighted by Crippen LogP contribution is 1.92. The number of rotatable bonds is 5. The van der Waals surface area contributed by atoms with E-state index in [9.17, 15) is 9.59 Å². The van der Waals surface area contributed by atoms with Crippen molar-refractivity contribution in [2.45, 2.75) is 33.2 Å². The molecule has 0 spiro atoms. The van der Waals surface area contributed by atoms with E-state index in [1.807, 2.05) is 13.8 Å². The number of hydrogen-bond acceptors (Lipinski definition) is 3. The summed E-state index contributed by atoms with van der Waals surface area (Å²) in [5, 5.41) is 6.73. The topological polar surface area (TPSA) is 64.0 Å². The van der Waals surface area contributed by atoms with E-state index in [1.165, 1.54) is 16.8 Å². The monoisotopic (exact) mass is 223 g/mol. The van der Waals surface area contributed by atoms with Gasteiger partial charge in [-0.05, 0) is 18.9 Å². The van der Waals surface area contributed by atoms with Gasteiger partial charge in [0.05, 0.1) is 0 Å². The number of nitrogens with zero attached hydrogens (tertiary/aromatic N) is 2. The van der Waals surface area contributed by atoms with E-state index in [-0.39, 0.29) is 11.5 Å². The molecule has 5 heteroatoms. The van der Waals surface area contributed by atoms with Gasteiger partial charge >= 0.3 is 0 Å². The van der Waals surface area contributed by atoms with Gasteiger partial charge in [-0.25, -0.2) is 4.68 Å². The van der Waals surface area contributed by atoms with Crippen LogP contribution in [-0.2, 0) is 6.54 Å². The van der Waals surface area contributed by atoms with Gasteiger partial charge in [0.2, 0.25) is 0 Å². The summed E-state index contributed by atoms with van der Waals surface area (Å²) in [4.78, 5) is 22.9. The van der Waals surface area contributed by atoms with E-state index < -0.39 is 0 Å². The smallest absolute Gasteiger partial charge is 0.271 e. The Kier molecular flexibility index (Phi) is 4.69. The molecule has 0 fully saturated rings. The number of aryl methyl sites for hydroxylation is 1. The minimum atomic E-state index is -0.230. The zero-order chi connectivity index (χ0) is 12.0. The molecule has 5 nitrogen and oxygen atoms in total. The molecule has 1 N–H and O–H groups in total. The molecule has 1 amide bonds. The van der Waals surface area contributed by atoms with Crippen molar-refractivity contribution in [2.75, 3.05) is 6.54 Å². The van der Waals surface area contributed by atoms with Crippen molar-refractivity contribution in [3.63, 3.8) is 0 Å². The lowest BCUT2D eigenvalue weighted by molar-refractivity contribution is 0.0946. The van der Waals surface area contributed by atoms with Gasteiger partial charge in [0.15, 0.2) is 0 Å². The fourth-order valence-corrected chi connectivity index (χ4v) is 1.27. The molecule has 0 aliphatic heterocycles. The van der Waals surface area contributed by atoms with Crippen molar-refractivity contribution in [1.29, 1.82) is 0 Å². The van der Waals surface area contributed by atoms with Gasteiger partial charge in [-0.1, -0.05) is 13.8 Å². The summed E-state index contributed by atoms with van der Waals surface area (Å²) in [6, 6.07) is 2.84. The molecule has 0 atom stereocenters. The fourth-order valence-electron chi connectivity index (χ4n) is 1.27. The lowest BCUT2D eigenvalue weighted by atomic mass is 10.3. The summed E-state index contributed by atoms with van der Waals surface area (Å²) in [5.74, 6) is -0.230. The van der Waals surface area contributed by atoms with E-state index in [2.05, 4.69) is 10.4 Å². The second-order valence-corrected chi connectivity index (χ2v) is 3.54. The summed E-state index contributed by atoms with van der Waals surface area (Å²) >= 11 is 0. The van der Waals surface area contributed by atoms with Gasteiger partial charge in [0.1, 0.15) is 5.69 Å². The molecule has 0 aromatic carbocycles. The van der Waals surface area contributed by atoms with Crippen molar-refractivity contribution in [2.24, 2.45) is 0 Å². The number of amides is 1. The van der Waals surface area contributed by atoms with Crippen LogP contribution in [0.4, 0.5) is 0 Å². The van der Waals surface area contributed by atoms with Crippen LogP contribution in [0.1, 0.15) is 37.2 Å². The van der Waals surface area contributed by atoms with E-state index in [0.717, 1.165) is 12.8 Å². The van der Waals surface area contributed by atoms with Gasteiger partial charge in [-0.2, -0.15) is 5.10 Å². The molecule has 1 rings (SSSR count). The first-order valence-electron chi connectivity index (χ1n) is 5.55. The van der Waals surface area contributed by atoms with E-state index in [0.29, 0.717) is 18.8 Å². The van der Waals surface area contributed by atoms with Gasteiger partial charge in [-0.15, -0.1) is 0 Å². The Balaban J connectivity index is 2.85. The van der Waals surface area contributed by atoms with Crippen molar-refractivity contribution in [3.8, 4) is 0 Å². The van der Waals surface area contributed by atoms with Crippen LogP contribution in [-0.4, -0.2) is 22.2 Å². The minimum absolute atomic E-state index is 0.172. The third-order valence-electron chi connectivity index (χ3n) is 2.07. The molecule has 0 saturated carbocycles. The molecule has 88 valence electrons. The number of carbonyl (C=O) groups is 1. The fraction of sp³-hybridized carbons (Fsp3) is 0.545. The average molecular weight is 223 g/mol. The molecule has 0 radical (unpaired) electrons. The second kappa shape index (κ2) is 6.05. The predicted octanol–water partition coefficient (Wildman–Crippen LogP) is 0.793.